The molecule has 0 atom stereocenters. The molecule has 4 heteroatoms. The Morgan fingerprint density at radius 2 is 2.40 bits per heavy atom. The van der Waals surface area contributed by atoms with Crippen LogP contribution in [0.3, 0.4) is 0 Å². The summed E-state index contributed by atoms with van der Waals surface area (Å²) in [5.41, 5.74) is 7.58. The molecule has 0 aliphatic rings. The minimum atomic E-state index is 0.0723. The van der Waals surface area contributed by atoms with Crippen LogP contribution < -0.4 is 10.6 Å². The van der Waals surface area contributed by atoms with Crippen molar-refractivity contribution in [1.82, 2.24) is 4.98 Å². The molecule has 0 unspecified atom stereocenters. The highest BCUT2D eigenvalue weighted by atomic mass is 16.3. The molecule has 1 aromatic heterocycles. The third kappa shape index (κ3) is 2.70. The predicted molar refractivity (Wildman–Crippen MR) is 62.9 cm³/mol. The third-order valence-corrected chi connectivity index (χ3v) is 2.21. The van der Waals surface area contributed by atoms with Crippen LogP contribution >= 0.6 is 0 Å². The highest BCUT2D eigenvalue weighted by Crippen LogP contribution is 2.22. The molecule has 0 aromatic carbocycles. The Labute approximate surface area is 90.0 Å². The molecule has 0 fully saturated rings. The van der Waals surface area contributed by atoms with Gasteiger partial charge >= 0.3 is 0 Å². The fourth-order valence-corrected chi connectivity index (χ4v) is 1.37. The number of aromatic nitrogens is 1. The van der Waals surface area contributed by atoms with Crippen molar-refractivity contribution in [2.75, 3.05) is 30.3 Å². The van der Waals surface area contributed by atoms with Crippen molar-refractivity contribution in [2.45, 2.75) is 6.92 Å². The molecule has 15 heavy (non-hydrogen) atoms. The zero-order valence-corrected chi connectivity index (χ0v) is 8.98. The summed E-state index contributed by atoms with van der Waals surface area (Å²) in [5, 5.41) is 8.94. The summed E-state index contributed by atoms with van der Waals surface area (Å²) in [6, 6.07) is 1.86. The fourth-order valence-electron chi connectivity index (χ4n) is 1.37. The molecule has 0 spiro atoms. The van der Waals surface area contributed by atoms with Crippen molar-refractivity contribution in [1.29, 1.82) is 0 Å². The second-order valence-corrected chi connectivity index (χ2v) is 3.32. The molecular weight excluding hydrogens is 190 g/mol. The molecule has 1 aromatic rings. The number of hydrogen-bond acceptors (Lipinski definition) is 4. The summed E-state index contributed by atoms with van der Waals surface area (Å²) in [7, 11) is 0. The lowest BCUT2D eigenvalue weighted by Crippen LogP contribution is -2.28. The quantitative estimate of drug-likeness (QED) is 0.706. The van der Waals surface area contributed by atoms with Crippen LogP contribution in [-0.2, 0) is 0 Å². The van der Waals surface area contributed by atoms with Crippen molar-refractivity contribution in [3.8, 4) is 0 Å². The van der Waals surface area contributed by atoms with E-state index in [2.05, 4.69) is 11.6 Å². The lowest BCUT2D eigenvalue weighted by atomic mass is 10.2. The van der Waals surface area contributed by atoms with Crippen molar-refractivity contribution < 1.29 is 5.11 Å². The van der Waals surface area contributed by atoms with Gasteiger partial charge in [0.15, 0.2) is 5.82 Å². The van der Waals surface area contributed by atoms with Crippen molar-refractivity contribution in [2.24, 2.45) is 0 Å². The van der Waals surface area contributed by atoms with Gasteiger partial charge in [-0.25, -0.2) is 4.98 Å². The van der Waals surface area contributed by atoms with Crippen molar-refractivity contribution in [3.05, 3.63) is 30.5 Å². The maximum absolute atomic E-state index is 8.94. The van der Waals surface area contributed by atoms with E-state index in [-0.39, 0.29) is 6.61 Å². The molecule has 0 saturated carbocycles. The van der Waals surface area contributed by atoms with Gasteiger partial charge in [0, 0.05) is 19.3 Å². The number of nitrogens with two attached hydrogens (primary N) is 1. The molecule has 82 valence electrons. The number of aliphatic hydroxyl groups excluding tert-OH is 1. The van der Waals surface area contributed by atoms with Gasteiger partial charge in [-0.3, -0.25) is 0 Å². The summed E-state index contributed by atoms with van der Waals surface area (Å²) < 4.78 is 0. The van der Waals surface area contributed by atoms with Gasteiger partial charge in [0.2, 0.25) is 0 Å². The van der Waals surface area contributed by atoms with Crippen LogP contribution in [0.1, 0.15) is 5.56 Å². The van der Waals surface area contributed by atoms with Crippen LogP contribution in [0.15, 0.2) is 24.9 Å². The second kappa shape index (κ2) is 5.36. The Kier molecular flexibility index (Phi) is 4.12. The second-order valence-electron chi connectivity index (χ2n) is 3.32. The van der Waals surface area contributed by atoms with Gasteiger partial charge in [-0.2, -0.15) is 0 Å². The molecule has 4 nitrogen and oxygen atoms in total. The summed E-state index contributed by atoms with van der Waals surface area (Å²) in [5.74, 6) is 0.712. The van der Waals surface area contributed by atoms with E-state index < -0.39 is 0 Å². The van der Waals surface area contributed by atoms with E-state index >= 15 is 0 Å². The summed E-state index contributed by atoms with van der Waals surface area (Å²) in [4.78, 5) is 6.12. The smallest absolute Gasteiger partial charge is 0.152 e. The van der Waals surface area contributed by atoms with Gasteiger partial charge in [-0.1, -0.05) is 6.08 Å². The first kappa shape index (κ1) is 11.5. The first-order valence-electron chi connectivity index (χ1n) is 4.88. The number of nitrogen functional groups attached to an aromatic ring is 1. The maximum Gasteiger partial charge on any atom is 0.152 e. The SMILES string of the molecule is C=CCN(CCO)c1nccc(C)c1N. The number of nitrogens with zero attached hydrogens (tertiary/aromatic N) is 2. The van der Waals surface area contributed by atoms with E-state index in [1.54, 1.807) is 12.3 Å². The molecule has 1 rings (SSSR count). The van der Waals surface area contributed by atoms with Gasteiger partial charge in [-0.05, 0) is 18.6 Å². The van der Waals surface area contributed by atoms with Crippen LogP contribution in [0.2, 0.25) is 0 Å². The average Bonchev–Trinajstić information content (AvgIpc) is 2.22. The molecule has 0 saturated heterocycles. The van der Waals surface area contributed by atoms with Crippen LogP contribution in [0.4, 0.5) is 11.5 Å². The Bertz CT molecular complexity index is 339. The molecule has 1 heterocycles. The minimum absolute atomic E-state index is 0.0723. The zero-order valence-electron chi connectivity index (χ0n) is 8.98. The molecule has 0 bridgehead atoms. The zero-order chi connectivity index (χ0) is 11.3. The maximum atomic E-state index is 8.94. The van der Waals surface area contributed by atoms with Gasteiger partial charge in [0.05, 0.1) is 12.3 Å². The highest BCUT2D eigenvalue weighted by Gasteiger charge is 2.10. The third-order valence-electron chi connectivity index (χ3n) is 2.21. The van der Waals surface area contributed by atoms with Gasteiger partial charge in [0.1, 0.15) is 0 Å². The number of aryl methyl sites for hydroxylation is 1. The highest BCUT2D eigenvalue weighted by molar-refractivity contribution is 5.66. The van der Waals surface area contributed by atoms with E-state index in [4.69, 9.17) is 10.8 Å². The number of anilines is 2. The predicted octanol–water partition coefficient (Wildman–Crippen LogP) is 0.957. The van der Waals surface area contributed by atoms with Crippen LogP contribution in [0, 0.1) is 6.92 Å². The van der Waals surface area contributed by atoms with Crippen LogP contribution in [0.5, 0.6) is 0 Å². The van der Waals surface area contributed by atoms with Crippen LogP contribution in [0.25, 0.3) is 0 Å². The van der Waals surface area contributed by atoms with Crippen LogP contribution in [-0.4, -0.2) is 29.8 Å². The lowest BCUT2D eigenvalue weighted by Gasteiger charge is -2.23. The van der Waals surface area contributed by atoms with E-state index in [1.807, 2.05) is 17.9 Å². The van der Waals surface area contributed by atoms with Gasteiger partial charge in [0.25, 0.3) is 0 Å². The molecule has 0 amide bonds. The summed E-state index contributed by atoms with van der Waals surface area (Å²) >= 11 is 0. The Balaban J connectivity index is 2.99. The first-order valence-corrected chi connectivity index (χ1v) is 4.88. The van der Waals surface area contributed by atoms with Crippen molar-refractivity contribution >= 4 is 11.5 Å². The molecule has 3 N–H and O–H groups in total. The van der Waals surface area contributed by atoms with E-state index in [1.165, 1.54) is 0 Å². The largest absolute Gasteiger partial charge is 0.396 e. The Morgan fingerprint density at radius 3 is 3.00 bits per heavy atom. The normalized spacial score (nSPS) is 10.0. The molecule has 0 radical (unpaired) electrons. The van der Waals surface area contributed by atoms with Gasteiger partial charge in [-0.15, -0.1) is 6.58 Å². The van der Waals surface area contributed by atoms with Crippen molar-refractivity contribution in [3.63, 3.8) is 0 Å². The summed E-state index contributed by atoms with van der Waals surface area (Å²) in [6.07, 6.45) is 3.48. The van der Waals surface area contributed by atoms with Gasteiger partial charge < -0.3 is 15.7 Å². The standard InChI is InChI=1S/C11H17N3O/c1-3-6-14(7-8-15)11-10(12)9(2)4-5-13-11/h3-5,15H,1,6-8,12H2,2H3. The minimum Gasteiger partial charge on any atom is -0.396 e. The number of pyridine rings is 1. The van der Waals surface area contributed by atoms with E-state index in [9.17, 15) is 0 Å². The fraction of sp³-hybridized carbons (Fsp3) is 0.364. The Hall–Kier alpha value is -1.55. The lowest BCUT2D eigenvalue weighted by molar-refractivity contribution is 0.302. The first-order chi connectivity index (χ1) is 7.20. The van der Waals surface area contributed by atoms with E-state index in [0.29, 0.717) is 24.6 Å². The number of aliphatic hydroxyl groups is 1. The average molecular weight is 207 g/mol. The van der Waals surface area contributed by atoms with E-state index in [0.717, 1.165) is 5.56 Å². The molecule has 0 aliphatic heterocycles. The Morgan fingerprint density at radius 1 is 1.67 bits per heavy atom. The molecular formula is C11H17N3O. The number of rotatable bonds is 5. The monoisotopic (exact) mass is 207 g/mol. The topological polar surface area (TPSA) is 62.4 Å². The molecule has 0 aliphatic carbocycles. The summed E-state index contributed by atoms with van der Waals surface area (Å²) in [6.45, 7) is 6.81. The number of hydrogen-bond donors (Lipinski definition) is 2.